The number of nitrogens with one attached hydrogen (secondary N) is 1. The van der Waals surface area contributed by atoms with Gasteiger partial charge in [0.05, 0.1) is 5.02 Å². The molecule has 1 aromatic rings. The van der Waals surface area contributed by atoms with E-state index in [4.69, 9.17) is 21.6 Å². The lowest BCUT2D eigenvalue weighted by Gasteiger charge is -2.10. The van der Waals surface area contributed by atoms with Crippen LogP contribution < -0.4 is 10.1 Å². The molecule has 0 atom stereocenters. The maximum absolute atomic E-state index is 11.8. The van der Waals surface area contributed by atoms with Gasteiger partial charge in [-0.05, 0) is 12.1 Å². The van der Waals surface area contributed by atoms with E-state index in [1.807, 2.05) is 0 Å². The van der Waals surface area contributed by atoms with Crippen molar-refractivity contribution in [2.75, 3.05) is 13.2 Å². The second-order valence-electron chi connectivity index (χ2n) is 3.41. The topological polar surface area (TPSA) is 62.1 Å². The van der Waals surface area contributed by atoms with E-state index in [1.54, 1.807) is 11.4 Å². The number of carbonyl (C=O) groups is 1. The van der Waals surface area contributed by atoms with Gasteiger partial charge < -0.3 is 10.1 Å². The smallest absolute Gasteiger partial charge is 0.405 e. The maximum Gasteiger partial charge on any atom is 0.405 e. The Morgan fingerprint density at radius 2 is 2.16 bits per heavy atom. The minimum Gasteiger partial charge on any atom is -0.482 e. The molecular formula is C11H8ClF3N2O2. The summed E-state index contributed by atoms with van der Waals surface area (Å²) in [6.45, 7) is -2.07. The van der Waals surface area contributed by atoms with Gasteiger partial charge in [0.25, 0.3) is 5.91 Å². The number of carbonyl (C=O) groups excluding carboxylic acids is 1. The molecule has 0 radical (unpaired) electrons. The van der Waals surface area contributed by atoms with Crippen LogP contribution in [0.4, 0.5) is 13.2 Å². The van der Waals surface area contributed by atoms with Crippen LogP contribution in [-0.4, -0.2) is 25.2 Å². The highest BCUT2D eigenvalue weighted by Gasteiger charge is 2.27. The number of rotatable bonds is 4. The van der Waals surface area contributed by atoms with Gasteiger partial charge in [-0.2, -0.15) is 18.4 Å². The van der Waals surface area contributed by atoms with Gasteiger partial charge in [-0.1, -0.05) is 17.7 Å². The first-order valence-electron chi connectivity index (χ1n) is 4.98. The van der Waals surface area contributed by atoms with Crippen LogP contribution in [0, 0.1) is 11.3 Å². The Bertz CT molecular complexity index is 512. The molecule has 0 aromatic heterocycles. The number of nitriles is 1. The molecular weight excluding hydrogens is 285 g/mol. The van der Waals surface area contributed by atoms with Crippen molar-refractivity contribution in [2.45, 2.75) is 6.18 Å². The Morgan fingerprint density at radius 3 is 2.74 bits per heavy atom. The third kappa shape index (κ3) is 5.06. The summed E-state index contributed by atoms with van der Waals surface area (Å²) in [5, 5.41) is 10.6. The molecule has 1 rings (SSSR count). The lowest BCUT2D eigenvalue weighted by Crippen LogP contribution is -2.36. The highest BCUT2D eigenvalue weighted by Crippen LogP contribution is 2.25. The van der Waals surface area contributed by atoms with Crippen molar-refractivity contribution in [1.29, 1.82) is 5.26 Å². The van der Waals surface area contributed by atoms with Crippen LogP contribution in [0.1, 0.15) is 5.56 Å². The molecule has 0 saturated heterocycles. The molecule has 0 saturated carbocycles. The number of alkyl halides is 3. The van der Waals surface area contributed by atoms with Gasteiger partial charge in [-0.15, -0.1) is 0 Å². The Hall–Kier alpha value is -1.94. The second-order valence-corrected chi connectivity index (χ2v) is 3.81. The lowest BCUT2D eigenvalue weighted by atomic mass is 10.2. The fourth-order valence-corrected chi connectivity index (χ4v) is 1.33. The van der Waals surface area contributed by atoms with Crippen LogP contribution in [0.15, 0.2) is 18.2 Å². The number of halogens is 4. The number of amides is 1. The lowest BCUT2D eigenvalue weighted by molar-refractivity contribution is -0.139. The van der Waals surface area contributed by atoms with Crippen LogP contribution in [0.2, 0.25) is 5.02 Å². The van der Waals surface area contributed by atoms with E-state index < -0.39 is 25.2 Å². The van der Waals surface area contributed by atoms with E-state index in [9.17, 15) is 18.0 Å². The molecule has 1 N–H and O–H groups in total. The summed E-state index contributed by atoms with van der Waals surface area (Å²) in [5.41, 5.74) is 0.0211. The highest BCUT2D eigenvalue weighted by atomic mass is 35.5. The summed E-state index contributed by atoms with van der Waals surface area (Å²) in [7, 11) is 0. The quantitative estimate of drug-likeness (QED) is 0.926. The summed E-state index contributed by atoms with van der Waals surface area (Å²) in [6.07, 6.45) is -4.48. The molecule has 0 bridgehead atoms. The SMILES string of the molecule is N#Cc1c(Cl)cccc1OCC(=O)NCC(F)(F)F. The van der Waals surface area contributed by atoms with Crippen molar-refractivity contribution in [3.05, 3.63) is 28.8 Å². The summed E-state index contributed by atoms with van der Waals surface area (Å²) in [5.74, 6) is -0.904. The first-order valence-corrected chi connectivity index (χ1v) is 5.36. The van der Waals surface area contributed by atoms with Gasteiger partial charge in [0.1, 0.15) is 23.9 Å². The molecule has 1 amide bonds. The largest absolute Gasteiger partial charge is 0.482 e. The van der Waals surface area contributed by atoms with Gasteiger partial charge in [0.15, 0.2) is 6.61 Å². The summed E-state index contributed by atoms with van der Waals surface area (Å²) in [6, 6.07) is 6.11. The van der Waals surface area contributed by atoms with Crippen LogP contribution >= 0.6 is 11.6 Å². The van der Waals surface area contributed by atoms with Crippen molar-refractivity contribution < 1.29 is 22.7 Å². The van der Waals surface area contributed by atoms with Crippen LogP contribution in [0.3, 0.4) is 0 Å². The normalized spacial score (nSPS) is 10.7. The Morgan fingerprint density at radius 1 is 1.47 bits per heavy atom. The van der Waals surface area contributed by atoms with Crippen molar-refractivity contribution in [1.82, 2.24) is 5.32 Å². The minimum atomic E-state index is -4.48. The van der Waals surface area contributed by atoms with E-state index in [-0.39, 0.29) is 16.3 Å². The average Bonchev–Trinajstić information content (AvgIpc) is 2.33. The van der Waals surface area contributed by atoms with Crippen LogP contribution in [0.25, 0.3) is 0 Å². The molecule has 102 valence electrons. The number of benzene rings is 1. The molecule has 0 heterocycles. The number of nitrogens with zero attached hydrogens (tertiary/aromatic N) is 1. The Labute approximate surface area is 111 Å². The molecule has 0 spiro atoms. The molecule has 0 fully saturated rings. The molecule has 0 aliphatic carbocycles. The van der Waals surface area contributed by atoms with Gasteiger partial charge in [0.2, 0.25) is 0 Å². The molecule has 0 aliphatic heterocycles. The Balaban J connectivity index is 2.56. The number of hydrogen-bond donors (Lipinski definition) is 1. The minimum absolute atomic E-state index is 0.0211. The fraction of sp³-hybridized carbons (Fsp3) is 0.273. The van der Waals surface area contributed by atoms with Crippen molar-refractivity contribution >= 4 is 17.5 Å². The standard InChI is InChI=1S/C11H8ClF3N2O2/c12-8-2-1-3-9(7(8)4-16)19-5-10(18)17-6-11(13,14)15/h1-3H,5-6H2,(H,17,18). The van der Waals surface area contributed by atoms with E-state index in [2.05, 4.69) is 0 Å². The molecule has 0 unspecified atom stereocenters. The highest BCUT2D eigenvalue weighted by molar-refractivity contribution is 6.31. The molecule has 19 heavy (non-hydrogen) atoms. The number of ether oxygens (including phenoxy) is 1. The zero-order chi connectivity index (χ0) is 14.5. The first kappa shape index (κ1) is 15.1. The van der Waals surface area contributed by atoms with Gasteiger partial charge >= 0.3 is 6.18 Å². The summed E-state index contributed by atoms with van der Waals surface area (Å²) < 4.78 is 40.5. The monoisotopic (exact) mass is 292 g/mol. The fourth-order valence-electron chi connectivity index (χ4n) is 1.13. The third-order valence-corrected chi connectivity index (χ3v) is 2.25. The van der Waals surface area contributed by atoms with Gasteiger partial charge in [-0.25, -0.2) is 0 Å². The summed E-state index contributed by atoms with van der Waals surface area (Å²) >= 11 is 5.71. The third-order valence-electron chi connectivity index (χ3n) is 1.93. The van der Waals surface area contributed by atoms with E-state index in [0.29, 0.717) is 0 Å². The molecule has 4 nitrogen and oxygen atoms in total. The molecule has 1 aromatic carbocycles. The van der Waals surface area contributed by atoms with Gasteiger partial charge in [-0.3, -0.25) is 4.79 Å². The van der Waals surface area contributed by atoms with Crippen LogP contribution in [0.5, 0.6) is 5.75 Å². The molecule has 0 aliphatic rings. The zero-order valence-electron chi connectivity index (χ0n) is 9.42. The zero-order valence-corrected chi connectivity index (χ0v) is 10.2. The van der Waals surface area contributed by atoms with Crippen LogP contribution in [-0.2, 0) is 4.79 Å². The van der Waals surface area contributed by atoms with E-state index >= 15 is 0 Å². The molecule has 8 heteroatoms. The van der Waals surface area contributed by atoms with E-state index in [1.165, 1.54) is 18.2 Å². The predicted octanol–water partition coefficient (Wildman–Crippen LogP) is 2.27. The Kier molecular flexibility index (Phi) is 5.01. The average molecular weight is 293 g/mol. The van der Waals surface area contributed by atoms with Crippen molar-refractivity contribution in [3.8, 4) is 11.8 Å². The van der Waals surface area contributed by atoms with Crippen molar-refractivity contribution in [2.24, 2.45) is 0 Å². The predicted molar refractivity (Wildman–Crippen MR) is 60.7 cm³/mol. The summed E-state index contributed by atoms with van der Waals surface area (Å²) in [4.78, 5) is 11.1. The van der Waals surface area contributed by atoms with E-state index in [0.717, 1.165) is 0 Å². The van der Waals surface area contributed by atoms with Crippen molar-refractivity contribution in [3.63, 3.8) is 0 Å². The maximum atomic E-state index is 11.8. The number of hydrogen-bond acceptors (Lipinski definition) is 3. The first-order chi connectivity index (χ1) is 8.83. The van der Waals surface area contributed by atoms with Gasteiger partial charge in [0, 0.05) is 0 Å². The second kappa shape index (κ2) is 6.29.